The van der Waals surface area contributed by atoms with E-state index in [1.165, 1.54) is 38.5 Å². The number of benzene rings is 1. The smallest absolute Gasteiger partial charge is 0.280 e. The van der Waals surface area contributed by atoms with Crippen LogP contribution < -0.4 is 10.1 Å². The van der Waals surface area contributed by atoms with Gasteiger partial charge >= 0.3 is 0 Å². The molecule has 0 saturated heterocycles. The van der Waals surface area contributed by atoms with E-state index in [2.05, 4.69) is 20.4 Å². The molecule has 0 unspecified atom stereocenters. The molecule has 2 N–H and O–H groups in total. The summed E-state index contributed by atoms with van der Waals surface area (Å²) in [5.74, 6) is -0.267. The lowest BCUT2D eigenvalue weighted by Gasteiger charge is -2.10. The Morgan fingerprint density at radius 3 is 2.57 bits per heavy atom. The number of amides is 1. The van der Waals surface area contributed by atoms with Gasteiger partial charge in [0.05, 0.1) is 24.4 Å². The summed E-state index contributed by atoms with van der Waals surface area (Å²) in [6.45, 7) is 1.62. The number of anilines is 1. The van der Waals surface area contributed by atoms with Gasteiger partial charge in [0.25, 0.3) is 5.91 Å². The lowest BCUT2D eigenvalue weighted by molar-refractivity contribution is -0.110. The lowest BCUT2D eigenvalue weighted by Crippen LogP contribution is -2.25. The van der Waals surface area contributed by atoms with Crippen molar-refractivity contribution in [2.75, 3.05) is 38.5 Å². The average Bonchev–Trinajstić information content (AvgIpc) is 3.25. The van der Waals surface area contributed by atoms with Gasteiger partial charge in [-0.3, -0.25) is 10.1 Å². The molecule has 2 aromatic heterocycles. The molecule has 1 atom stereocenters. The van der Waals surface area contributed by atoms with Crippen LogP contribution in [-0.2, 0) is 24.2 Å². The van der Waals surface area contributed by atoms with E-state index in [9.17, 15) is 18.3 Å². The molecule has 3 rings (SSSR count). The van der Waals surface area contributed by atoms with Gasteiger partial charge < -0.3 is 19.4 Å². The molecule has 2 heterocycles. The van der Waals surface area contributed by atoms with Crippen LogP contribution in [0.15, 0.2) is 46.4 Å². The van der Waals surface area contributed by atoms with Crippen LogP contribution in [-0.4, -0.2) is 74.4 Å². The Morgan fingerprint density at radius 2 is 1.91 bits per heavy atom. The largest absolute Gasteiger partial charge is 0.481 e. The van der Waals surface area contributed by atoms with Gasteiger partial charge in [0.1, 0.15) is 16.5 Å². The zero-order chi connectivity index (χ0) is 25.4. The summed E-state index contributed by atoms with van der Waals surface area (Å²) in [5, 5.41) is 16.1. The number of aromatic nitrogens is 2. The van der Waals surface area contributed by atoms with Crippen molar-refractivity contribution in [3.8, 4) is 5.88 Å². The van der Waals surface area contributed by atoms with Crippen LogP contribution in [0.5, 0.6) is 5.88 Å². The maximum absolute atomic E-state index is 13.1. The SMILES string of the molecule is COCCCS(=O)(=O)c1ccc(C(=NO[C@H](C)CO)C(=O)Nc2nc3ccc(OC)nc3s2)cc1. The summed E-state index contributed by atoms with van der Waals surface area (Å²) in [6.07, 6.45) is -0.289. The summed E-state index contributed by atoms with van der Waals surface area (Å²) >= 11 is 1.15. The number of nitrogens with one attached hydrogen (secondary N) is 1. The fraction of sp³-hybridized carbons (Fsp3) is 0.364. The Hall–Kier alpha value is -3.13. The number of fused-ring (bicyclic) bond motifs is 1. The molecule has 13 heteroatoms. The van der Waals surface area contributed by atoms with E-state index in [1.807, 2.05) is 0 Å². The van der Waals surface area contributed by atoms with E-state index < -0.39 is 21.8 Å². The Bertz CT molecular complexity index is 1290. The second kappa shape index (κ2) is 12.0. The molecule has 188 valence electrons. The number of hydrogen-bond acceptors (Lipinski definition) is 11. The quantitative estimate of drug-likeness (QED) is 0.207. The number of pyridine rings is 1. The van der Waals surface area contributed by atoms with E-state index >= 15 is 0 Å². The summed E-state index contributed by atoms with van der Waals surface area (Å²) in [5.41, 5.74) is 0.792. The first-order chi connectivity index (χ1) is 16.8. The monoisotopic (exact) mass is 522 g/mol. The first kappa shape index (κ1) is 26.5. The number of thiazole rings is 1. The second-order valence-electron chi connectivity index (χ2n) is 7.38. The molecule has 1 aromatic carbocycles. The zero-order valence-corrected chi connectivity index (χ0v) is 21.1. The zero-order valence-electron chi connectivity index (χ0n) is 19.4. The molecule has 35 heavy (non-hydrogen) atoms. The molecule has 0 aliphatic carbocycles. The molecule has 1 amide bonds. The Balaban J connectivity index is 1.85. The third kappa shape index (κ3) is 6.94. The molecular weight excluding hydrogens is 496 g/mol. The number of rotatable bonds is 12. The van der Waals surface area contributed by atoms with Crippen LogP contribution in [0.4, 0.5) is 5.13 Å². The third-order valence-corrected chi connectivity index (χ3v) is 7.40. The number of ether oxygens (including phenoxy) is 2. The minimum Gasteiger partial charge on any atom is -0.481 e. The van der Waals surface area contributed by atoms with Crippen molar-refractivity contribution in [2.45, 2.75) is 24.3 Å². The number of sulfone groups is 1. The van der Waals surface area contributed by atoms with E-state index in [-0.39, 0.29) is 28.1 Å². The Morgan fingerprint density at radius 1 is 1.17 bits per heavy atom. The van der Waals surface area contributed by atoms with Crippen LogP contribution in [0.3, 0.4) is 0 Å². The van der Waals surface area contributed by atoms with Gasteiger partial charge in [0, 0.05) is 25.3 Å². The number of carbonyl (C=O) groups is 1. The highest BCUT2D eigenvalue weighted by atomic mass is 32.2. The second-order valence-corrected chi connectivity index (χ2v) is 10.5. The van der Waals surface area contributed by atoms with Gasteiger partial charge in [-0.25, -0.2) is 18.4 Å². The van der Waals surface area contributed by atoms with Gasteiger partial charge in [-0.15, -0.1) is 0 Å². The van der Waals surface area contributed by atoms with E-state index in [0.29, 0.717) is 34.8 Å². The number of aliphatic hydroxyl groups excluding tert-OH is 1. The number of aliphatic hydroxyl groups is 1. The molecule has 0 spiro atoms. The molecule has 0 radical (unpaired) electrons. The van der Waals surface area contributed by atoms with E-state index in [4.69, 9.17) is 14.3 Å². The Kier molecular flexibility index (Phi) is 9.09. The lowest BCUT2D eigenvalue weighted by atomic mass is 10.1. The highest BCUT2D eigenvalue weighted by molar-refractivity contribution is 7.91. The third-order valence-electron chi connectivity index (χ3n) is 4.70. The summed E-state index contributed by atoms with van der Waals surface area (Å²) < 4.78 is 35.0. The van der Waals surface area contributed by atoms with Gasteiger partial charge in [-0.1, -0.05) is 28.6 Å². The molecule has 0 bridgehead atoms. The van der Waals surface area contributed by atoms with Crippen LogP contribution >= 0.6 is 11.3 Å². The van der Waals surface area contributed by atoms with E-state index in [0.717, 1.165) is 11.3 Å². The molecule has 0 fully saturated rings. The highest BCUT2D eigenvalue weighted by Crippen LogP contribution is 2.26. The number of methoxy groups -OCH3 is 2. The minimum absolute atomic E-state index is 0.0603. The maximum atomic E-state index is 13.1. The van der Waals surface area contributed by atoms with Crippen molar-refractivity contribution < 1.29 is 32.6 Å². The summed E-state index contributed by atoms with van der Waals surface area (Å²) in [7, 11) is -0.492. The van der Waals surface area contributed by atoms with Crippen molar-refractivity contribution in [1.82, 2.24) is 9.97 Å². The van der Waals surface area contributed by atoms with Crippen LogP contribution in [0.25, 0.3) is 10.3 Å². The van der Waals surface area contributed by atoms with E-state index in [1.54, 1.807) is 19.1 Å². The first-order valence-electron chi connectivity index (χ1n) is 10.6. The van der Waals surface area contributed by atoms with Gasteiger partial charge in [0.2, 0.25) is 5.88 Å². The topological polar surface area (TPSA) is 149 Å². The summed E-state index contributed by atoms with van der Waals surface area (Å²) in [4.78, 5) is 27.6. The van der Waals surface area contributed by atoms with Gasteiger partial charge in [0.15, 0.2) is 20.7 Å². The van der Waals surface area contributed by atoms with Crippen LogP contribution in [0.1, 0.15) is 18.9 Å². The number of hydrogen-bond donors (Lipinski definition) is 2. The van der Waals surface area contributed by atoms with Crippen molar-refractivity contribution in [3.63, 3.8) is 0 Å². The first-order valence-corrected chi connectivity index (χ1v) is 13.0. The normalized spacial score (nSPS) is 13.0. The fourth-order valence-electron chi connectivity index (χ4n) is 2.86. The van der Waals surface area contributed by atoms with Crippen molar-refractivity contribution in [1.29, 1.82) is 0 Å². The van der Waals surface area contributed by atoms with Gasteiger partial charge in [-0.2, -0.15) is 0 Å². The summed E-state index contributed by atoms with van der Waals surface area (Å²) in [6, 6.07) is 9.14. The molecule has 0 aliphatic rings. The van der Waals surface area contributed by atoms with Crippen molar-refractivity contribution in [3.05, 3.63) is 42.0 Å². The number of carbonyl (C=O) groups excluding carboxylic acids is 1. The average molecular weight is 523 g/mol. The van der Waals surface area contributed by atoms with Crippen LogP contribution in [0, 0.1) is 0 Å². The highest BCUT2D eigenvalue weighted by Gasteiger charge is 2.20. The molecular formula is C22H26N4O7S2. The van der Waals surface area contributed by atoms with Gasteiger partial charge in [-0.05, 0) is 31.5 Å². The molecule has 0 saturated carbocycles. The standard InChI is InChI=1S/C22H26N4O7S2/c1-14(13-27)33-26-19(15-5-7-16(8-6-15)35(29,30)12-4-11-31-2)20(28)25-22-23-17-9-10-18(32-3)24-21(17)34-22/h5-10,14,27H,4,11-13H2,1-3H3,(H,23,25,28)/t14-/m1/s1. The Labute approximate surface area is 206 Å². The fourth-order valence-corrected chi connectivity index (χ4v) is 4.97. The molecule has 3 aromatic rings. The number of nitrogens with zero attached hydrogens (tertiary/aromatic N) is 3. The number of oxime groups is 1. The predicted molar refractivity (Wildman–Crippen MR) is 132 cm³/mol. The molecule has 0 aliphatic heterocycles. The minimum atomic E-state index is -3.50. The predicted octanol–water partition coefficient (Wildman–Crippen LogP) is 2.25. The van der Waals surface area contributed by atoms with Crippen LogP contribution in [0.2, 0.25) is 0 Å². The van der Waals surface area contributed by atoms with Crippen molar-refractivity contribution in [2.24, 2.45) is 5.16 Å². The molecule has 11 nitrogen and oxygen atoms in total. The maximum Gasteiger partial charge on any atom is 0.280 e. The van der Waals surface area contributed by atoms with Crippen molar-refractivity contribution >= 4 is 48.3 Å².